The average Bonchev–Trinajstić information content (AvgIpc) is 2.79. The normalized spacial score (nSPS) is 23.2. The highest BCUT2D eigenvalue weighted by Crippen LogP contribution is 2.46. The Morgan fingerprint density at radius 2 is 1.76 bits per heavy atom. The van der Waals surface area contributed by atoms with Crippen LogP contribution in [-0.4, -0.2) is 23.1 Å². The highest BCUT2D eigenvalue weighted by molar-refractivity contribution is 5.46. The molecule has 0 bridgehead atoms. The Kier molecular flexibility index (Phi) is 2.65. The number of hydrogen-bond acceptors (Lipinski definition) is 4. The summed E-state index contributed by atoms with van der Waals surface area (Å²) in [5.74, 6) is 1.56. The summed E-state index contributed by atoms with van der Waals surface area (Å²) in [6.07, 6.45) is 9.93. The summed E-state index contributed by atoms with van der Waals surface area (Å²) in [5, 5.41) is 0. The first-order valence-electron chi connectivity index (χ1n) is 6.60. The molecule has 17 heavy (non-hydrogen) atoms. The fraction of sp³-hybridized carbons (Fsp3) is 0.692. The van der Waals surface area contributed by atoms with Crippen LogP contribution in [0.3, 0.4) is 0 Å². The third-order valence-corrected chi connectivity index (χ3v) is 4.49. The third-order valence-electron chi connectivity index (χ3n) is 4.49. The van der Waals surface area contributed by atoms with Crippen LogP contribution in [0.4, 0.5) is 11.6 Å². The van der Waals surface area contributed by atoms with Gasteiger partial charge in [0.2, 0.25) is 0 Å². The van der Waals surface area contributed by atoms with Crippen molar-refractivity contribution in [2.75, 3.05) is 23.7 Å². The van der Waals surface area contributed by atoms with Crippen molar-refractivity contribution in [3.8, 4) is 0 Å². The predicted octanol–water partition coefficient (Wildman–Crippen LogP) is 2.22. The van der Waals surface area contributed by atoms with Gasteiger partial charge in [-0.25, -0.2) is 9.97 Å². The number of rotatable bonds is 1. The first-order valence-corrected chi connectivity index (χ1v) is 6.60. The maximum absolute atomic E-state index is 5.70. The van der Waals surface area contributed by atoms with Crippen molar-refractivity contribution in [2.45, 2.75) is 38.5 Å². The molecule has 2 aliphatic rings. The number of nitrogens with two attached hydrogens (primary N) is 1. The van der Waals surface area contributed by atoms with Gasteiger partial charge in [0.25, 0.3) is 0 Å². The van der Waals surface area contributed by atoms with Gasteiger partial charge in [-0.3, -0.25) is 0 Å². The van der Waals surface area contributed by atoms with Gasteiger partial charge in [0.1, 0.15) is 18.0 Å². The van der Waals surface area contributed by atoms with Gasteiger partial charge >= 0.3 is 0 Å². The minimum Gasteiger partial charge on any atom is -0.384 e. The van der Waals surface area contributed by atoms with Crippen molar-refractivity contribution in [3.63, 3.8) is 0 Å². The monoisotopic (exact) mass is 232 g/mol. The van der Waals surface area contributed by atoms with Gasteiger partial charge in [0.15, 0.2) is 0 Å². The molecule has 2 heterocycles. The quantitative estimate of drug-likeness (QED) is 0.806. The molecule has 4 nitrogen and oxygen atoms in total. The van der Waals surface area contributed by atoms with E-state index in [9.17, 15) is 0 Å². The summed E-state index contributed by atoms with van der Waals surface area (Å²) >= 11 is 0. The van der Waals surface area contributed by atoms with Crippen molar-refractivity contribution in [1.29, 1.82) is 0 Å². The topological polar surface area (TPSA) is 55.0 Å². The van der Waals surface area contributed by atoms with Gasteiger partial charge in [-0.2, -0.15) is 0 Å². The van der Waals surface area contributed by atoms with Crippen molar-refractivity contribution in [2.24, 2.45) is 5.41 Å². The van der Waals surface area contributed by atoms with E-state index in [0.29, 0.717) is 11.2 Å². The molecule has 0 amide bonds. The maximum Gasteiger partial charge on any atom is 0.134 e. The van der Waals surface area contributed by atoms with E-state index in [1.165, 1.54) is 38.5 Å². The number of nitrogen functional groups attached to an aromatic ring is 1. The van der Waals surface area contributed by atoms with Gasteiger partial charge in [0.05, 0.1) is 0 Å². The van der Waals surface area contributed by atoms with Crippen molar-refractivity contribution >= 4 is 11.6 Å². The van der Waals surface area contributed by atoms with Crippen LogP contribution >= 0.6 is 0 Å². The van der Waals surface area contributed by atoms with Crippen LogP contribution < -0.4 is 10.6 Å². The number of piperidine rings is 1. The molecule has 1 aromatic rings. The van der Waals surface area contributed by atoms with E-state index in [1.54, 1.807) is 6.33 Å². The Morgan fingerprint density at radius 1 is 1.06 bits per heavy atom. The van der Waals surface area contributed by atoms with Crippen LogP contribution in [-0.2, 0) is 0 Å². The van der Waals surface area contributed by atoms with E-state index in [0.717, 1.165) is 18.9 Å². The molecule has 2 fully saturated rings. The second kappa shape index (κ2) is 4.17. The average molecular weight is 232 g/mol. The molecule has 1 saturated heterocycles. The van der Waals surface area contributed by atoms with Crippen LogP contribution in [0.25, 0.3) is 0 Å². The molecule has 1 saturated carbocycles. The molecule has 2 N–H and O–H groups in total. The van der Waals surface area contributed by atoms with E-state index in [1.807, 2.05) is 6.07 Å². The van der Waals surface area contributed by atoms with Gasteiger partial charge in [-0.05, 0) is 31.1 Å². The summed E-state index contributed by atoms with van der Waals surface area (Å²) in [6.45, 7) is 2.24. The van der Waals surface area contributed by atoms with Gasteiger partial charge in [-0.1, -0.05) is 12.8 Å². The molecule has 0 radical (unpaired) electrons. The molecule has 0 atom stereocenters. The Morgan fingerprint density at radius 3 is 2.41 bits per heavy atom. The second-order valence-corrected chi connectivity index (χ2v) is 5.50. The van der Waals surface area contributed by atoms with Gasteiger partial charge in [-0.15, -0.1) is 0 Å². The number of hydrogen-bond donors (Lipinski definition) is 1. The maximum atomic E-state index is 5.70. The lowest BCUT2D eigenvalue weighted by Crippen LogP contribution is -2.39. The molecule has 3 rings (SSSR count). The van der Waals surface area contributed by atoms with Crippen molar-refractivity contribution < 1.29 is 0 Å². The summed E-state index contributed by atoms with van der Waals surface area (Å²) in [7, 11) is 0. The lowest BCUT2D eigenvalue weighted by atomic mass is 9.77. The van der Waals surface area contributed by atoms with Gasteiger partial charge in [0, 0.05) is 19.2 Å². The molecule has 0 unspecified atom stereocenters. The minimum absolute atomic E-state index is 0.566. The van der Waals surface area contributed by atoms with Crippen LogP contribution in [0, 0.1) is 5.41 Å². The Balaban J connectivity index is 1.68. The molecule has 1 aliphatic heterocycles. The molecule has 0 aromatic carbocycles. The number of nitrogens with zero attached hydrogens (tertiary/aromatic N) is 3. The van der Waals surface area contributed by atoms with Crippen molar-refractivity contribution in [1.82, 2.24) is 9.97 Å². The van der Waals surface area contributed by atoms with E-state index in [2.05, 4.69) is 14.9 Å². The predicted molar refractivity (Wildman–Crippen MR) is 68.8 cm³/mol. The summed E-state index contributed by atoms with van der Waals surface area (Å²) in [6, 6.07) is 1.88. The molecule has 1 spiro atoms. The van der Waals surface area contributed by atoms with Crippen LogP contribution in [0.15, 0.2) is 12.4 Å². The summed E-state index contributed by atoms with van der Waals surface area (Å²) in [5.41, 5.74) is 6.36. The standard InChI is InChI=1S/C13H20N4/c14-11-9-12(16-10-15-11)17-7-5-13(6-8-17)3-1-2-4-13/h9-10H,1-8H2,(H2,14,15,16). The number of aromatic nitrogens is 2. The molecular formula is C13H20N4. The van der Waals surface area contributed by atoms with E-state index in [4.69, 9.17) is 5.73 Å². The molecule has 92 valence electrons. The van der Waals surface area contributed by atoms with E-state index < -0.39 is 0 Å². The fourth-order valence-electron chi connectivity index (χ4n) is 3.37. The minimum atomic E-state index is 0.566. The Bertz CT molecular complexity index is 388. The zero-order chi connectivity index (χ0) is 11.7. The van der Waals surface area contributed by atoms with Crippen LogP contribution in [0.1, 0.15) is 38.5 Å². The highest BCUT2D eigenvalue weighted by Gasteiger charge is 2.37. The first-order chi connectivity index (χ1) is 8.27. The highest BCUT2D eigenvalue weighted by atomic mass is 15.2. The summed E-state index contributed by atoms with van der Waals surface area (Å²) in [4.78, 5) is 10.6. The molecular weight excluding hydrogens is 212 g/mol. The SMILES string of the molecule is Nc1cc(N2CCC3(CCCC3)CC2)ncn1. The zero-order valence-corrected chi connectivity index (χ0v) is 10.2. The lowest BCUT2D eigenvalue weighted by Gasteiger charge is -2.39. The Labute approximate surface area is 102 Å². The largest absolute Gasteiger partial charge is 0.384 e. The van der Waals surface area contributed by atoms with Gasteiger partial charge < -0.3 is 10.6 Å². The van der Waals surface area contributed by atoms with Crippen LogP contribution in [0.5, 0.6) is 0 Å². The third kappa shape index (κ3) is 2.08. The number of anilines is 2. The molecule has 1 aliphatic carbocycles. The molecule has 4 heteroatoms. The summed E-state index contributed by atoms with van der Waals surface area (Å²) < 4.78 is 0. The smallest absolute Gasteiger partial charge is 0.134 e. The second-order valence-electron chi connectivity index (χ2n) is 5.50. The fourth-order valence-corrected chi connectivity index (χ4v) is 3.37. The lowest BCUT2D eigenvalue weighted by molar-refractivity contribution is 0.226. The molecule has 1 aromatic heterocycles. The van der Waals surface area contributed by atoms with E-state index in [-0.39, 0.29) is 0 Å². The van der Waals surface area contributed by atoms with E-state index >= 15 is 0 Å². The van der Waals surface area contributed by atoms with Crippen molar-refractivity contribution in [3.05, 3.63) is 12.4 Å². The first kappa shape index (κ1) is 10.8. The van der Waals surface area contributed by atoms with Crippen LogP contribution in [0.2, 0.25) is 0 Å². The Hall–Kier alpha value is -1.32. The zero-order valence-electron chi connectivity index (χ0n) is 10.2.